The molecule has 0 saturated carbocycles. The minimum absolute atomic E-state index is 0.0857. The number of furan rings is 1. The molecule has 3 aromatic rings. The van der Waals surface area contributed by atoms with E-state index >= 15 is 0 Å². The second kappa shape index (κ2) is 4.99. The van der Waals surface area contributed by atoms with Crippen LogP contribution >= 0.6 is 23.6 Å². The molecule has 1 aromatic carbocycles. The third-order valence-electron chi connectivity index (χ3n) is 2.62. The lowest BCUT2D eigenvalue weighted by atomic mass is 10.3. The van der Waals surface area contributed by atoms with Crippen LogP contribution in [-0.4, -0.2) is 10.5 Å². The summed E-state index contributed by atoms with van der Waals surface area (Å²) in [6.07, 6.45) is 1.43. The largest absolute Gasteiger partial charge is 0.457 e. The lowest BCUT2D eigenvalue weighted by Crippen LogP contribution is -2.08. The van der Waals surface area contributed by atoms with Crippen LogP contribution in [-0.2, 0) is 11.5 Å². The highest BCUT2D eigenvalue weighted by Crippen LogP contribution is 2.22. The first kappa shape index (κ1) is 12.1. The van der Waals surface area contributed by atoms with Gasteiger partial charge in [-0.05, 0) is 36.5 Å². The van der Waals surface area contributed by atoms with Gasteiger partial charge >= 0.3 is 5.97 Å². The third-order valence-corrected chi connectivity index (χ3v) is 4.05. The number of carbonyl (C=O) groups excluding carboxylic acids is 1. The van der Waals surface area contributed by atoms with Crippen molar-refractivity contribution in [1.82, 2.24) is 4.57 Å². The summed E-state index contributed by atoms with van der Waals surface area (Å²) >= 11 is 6.76. The number of thiazole rings is 1. The van der Waals surface area contributed by atoms with E-state index in [-0.39, 0.29) is 12.5 Å². The number of hydrogen-bond donors (Lipinski definition) is 0. The van der Waals surface area contributed by atoms with Crippen molar-refractivity contribution in [3.63, 3.8) is 0 Å². The van der Waals surface area contributed by atoms with Gasteiger partial charge in [0.15, 0.2) is 10.7 Å². The molecule has 6 heteroatoms. The summed E-state index contributed by atoms with van der Waals surface area (Å²) in [5.41, 5.74) is 0.963. The molecular formula is C13H9NO3S2. The predicted molar refractivity (Wildman–Crippen MR) is 74.8 cm³/mol. The highest BCUT2D eigenvalue weighted by atomic mass is 32.1. The van der Waals surface area contributed by atoms with Gasteiger partial charge in [-0.3, -0.25) is 4.57 Å². The second-order valence-electron chi connectivity index (χ2n) is 3.80. The Balaban J connectivity index is 1.84. The summed E-state index contributed by atoms with van der Waals surface area (Å²) in [6.45, 7) is 0.0857. The number of hydrogen-bond acceptors (Lipinski definition) is 5. The Bertz CT molecular complexity index is 771. The maximum Gasteiger partial charge on any atom is 0.375 e. The number of ether oxygens (including phenoxy) is 1. The first-order valence-electron chi connectivity index (χ1n) is 5.55. The van der Waals surface area contributed by atoms with Gasteiger partial charge in [-0.1, -0.05) is 12.1 Å². The summed E-state index contributed by atoms with van der Waals surface area (Å²) < 4.78 is 13.7. The number of benzene rings is 1. The van der Waals surface area contributed by atoms with Crippen molar-refractivity contribution < 1.29 is 13.9 Å². The number of nitrogens with zero attached hydrogens (tertiary/aromatic N) is 1. The number of aromatic nitrogens is 1. The van der Waals surface area contributed by atoms with Gasteiger partial charge in [0.05, 0.1) is 16.5 Å². The SMILES string of the molecule is O=C(OCn1c(=S)sc2ccccc21)c1ccco1. The molecule has 2 aromatic heterocycles. The smallest absolute Gasteiger partial charge is 0.375 e. The van der Waals surface area contributed by atoms with E-state index in [0.29, 0.717) is 3.95 Å². The minimum atomic E-state index is -0.498. The van der Waals surface area contributed by atoms with E-state index in [1.54, 1.807) is 16.7 Å². The molecule has 0 aliphatic heterocycles. The predicted octanol–water partition coefficient (Wildman–Crippen LogP) is 3.84. The fourth-order valence-electron chi connectivity index (χ4n) is 1.73. The maximum absolute atomic E-state index is 11.7. The molecule has 0 N–H and O–H groups in total. The van der Waals surface area contributed by atoms with Gasteiger partial charge < -0.3 is 9.15 Å². The molecule has 0 atom stereocenters. The highest BCUT2D eigenvalue weighted by molar-refractivity contribution is 7.73. The average molecular weight is 291 g/mol. The zero-order chi connectivity index (χ0) is 13.2. The van der Waals surface area contributed by atoms with Gasteiger partial charge in [-0.2, -0.15) is 0 Å². The molecule has 0 bridgehead atoms. The van der Waals surface area contributed by atoms with Gasteiger partial charge in [0.1, 0.15) is 0 Å². The van der Waals surface area contributed by atoms with Crippen LogP contribution < -0.4 is 0 Å². The van der Waals surface area contributed by atoms with Gasteiger partial charge in [0, 0.05) is 0 Å². The van der Waals surface area contributed by atoms with Crippen molar-refractivity contribution >= 4 is 39.7 Å². The van der Waals surface area contributed by atoms with Crippen molar-refractivity contribution in [2.24, 2.45) is 0 Å². The number of para-hydroxylation sites is 1. The lowest BCUT2D eigenvalue weighted by molar-refractivity contribution is 0.0342. The Labute approximate surface area is 117 Å². The van der Waals surface area contributed by atoms with E-state index in [9.17, 15) is 4.79 Å². The van der Waals surface area contributed by atoms with Crippen LogP contribution in [0, 0.1) is 3.95 Å². The fourth-order valence-corrected chi connectivity index (χ4v) is 3.02. The van der Waals surface area contributed by atoms with E-state index in [4.69, 9.17) is 21.4 Å². The topological polar surface area (TPSA) is 44.4 Å². The van der Waals surface area contributed by atoms with Gasteiger partial charge in [-0.15, -0.1) is 11.3 Å². The lowest BCUT2D eigenvalue weighted by Gasteiger charge is -2.05. The van der Waals surface area contributed by atoms with Gasteiger partial charge in [0.2, 0.25) is 5.76 Å². The Morgan fingerprint density at radius 2 is 2.16 bits per heavy atom. The number of esters is 1. The summed E-state index contributed by atoms with van der Waals surface area (Å²) in [5.74, 6) is -0.312. The fraction of sp³-hybridized carbons (Fsp3) is 0.0769. The molecule has 0 amide bonds. The monoisotopic (exact) mass is 291 g/mol. The third kappa shape index (κ3) is 2.32. The molecule has 96 valence electrons. The van der Waals surface area contributed by atoms with Crippen LogP contribution in [0.2, 0.25) is 0 Å². The van der Waals surface area contributed by atoms with E-state index in [1.165, 1.54) is 17.6 Å². The minimum Gasteiger partial charge on any atom is -0.457 e. The van der Waals surface area contributed by atoms with Gasteiger partial charge in [0.25, 0.3) is 0 Å². The van der Waals surface area contributed by atoms with Crippen molar-refractivity contribution in [2.45, 2.75) is 6.73 Å². The summed E-state index contributed by atoms with van der Waals surface area (Å²) in [5, 5.41) is 0. The maximum atomic E-state index is 11.7. The molecule has 0 fully saturated rings. The second-order valence-corrected chi connectivity index (χ2v) is 5.48. The quantitative estimate of drug-likeness (QED) is 0.543. The Morgan fingerprint density at radius 3 is 2.95 bits per heavy atom. The summed E-state index contributed by atoms with van der Waals surface area (Å²) in [7, 11) is 0. The van der Waals surface area contributed by atoms with Crippen molar-refractivity contribution in [1.29, 1.82) is 0 Å². The van der Waals surface area contributed by atoms with Crippen LogP contribution in [0.4, 0.5) is 0 Å². The van der Waals surface area contributed by atoms with E-state index in [1.807, 2.05) is 24.3 Å². The zero-order valence-electron chi connectivity index (χ0n) is 9.74. The molecule has 19 heavy (non-hydrogen) atoms. The van der Waals surface area contributed by atoms with Crippen LogP contribution in [0.25, 0.3) is 10.2 Å². The number of fused-ring (bicyclic) bond motifs is 1. The van der Waals surface area contributed by atoms with Crippen molar-refractivity contribution in [3.8, 4) is 0 Å². The normalized spacial score (nSPS) is 10.7. The molecule has 0 aliphatic rings. The van der Waals surface area contributed by atoms with Crippen LogP contribution in [0.5, 0.6) is 0 Å². The molecule has 0 radical (unpaired) electrons. The van der Waals surface area contributed by atoms with Crippen molar-refractivity contribution in [3.05, 3.63) is 52.4 Å². The average Bonchev–Trinajstić information content (AvgIpc) is 3.03. The zero-order valence-corrected chi connectivity index (χ0v) is 11.4. The molecule has 0 spiro atoms. The first-order valence-corrected chi connectivity index (χ1v) is 6.77. The Kier molecular flexibility index (Phi) is 3.18. The van der Waals surface area contributed by atoms with E-state index in [2.05, 4.69) is 0 Å². The molecule has 0 saturated heterocycles. The molecule has 0 aliphatic carbocycles. The van der Waals surface area contributed by atoms with Crippen molar-refractivity contribution in [2.75, 3.05) is 0 Å². The van der Waals surface area contributed by atoms with Crippen LogP contribution in [0.1, 0.15) is 10.6 Å². The van der Waals surface area contributed by atoms with Crippen LogP contribution in [0.15, 0.2) is 47.1 Å². The molecule has 0 unspecified atom stereocenters. The molecule has 2 heterocycles. The highest BCUT2D eigenvalue weighted by Gasteiger charge is 2.11. The van der Waals surface area contributed by atoms with Crippen LogP contribution in [0.3, 0.4) is 0 Å². The molecular weight excluding hydrogens is 282 g/mol. The summed E-state index contributed by atoms with van der Waals surface area (Å²) in [6, 6.07) is 11.0. The number of rotatable bonds is 3. The molecule has 4 nitrogen and oxygen atoms in total. The van der Waals surface area contributed by atoms with E-state index < -0.39 is 5.97 Å². The van der Waals surface area contributed by atoms with E-state index in [0.717, 1.165) is 10.2 Å². The first-order chi connectivity index (χ1) is 9.25. The Hall–Kier alpha value is -1.92. The van der Waals surface area contributed by atoms with Gasteiger partial charge in [-0.25, -0.2) is 4.79 Å². The Morgan fingerprint density at radius 1 is 1.32 bits per heavy atom. The summed E-state index contributed by atoms with van der Waals surface area (Å²) in [4.78, 5) is 11.7. The number of carbonyl (C=O) groups is 1. The molecule has 3 rings (SSSR count). The standard InChI is InChI=1S/C13H9NO3S2/c15-12(10-5-3-7-16-10)17-8-14-9-4-1-2-6-11(9)19-13(14)18/h1-7H,8H2.